The van der Waals surface area contributed by atoms with Crippen LogP contribution in [-0.2, 0) is 0 Å². The van der Waals surface area contributed by atoms with Gasteiger partial charge in [0.25, 0.3) is 0 Å². The molecule has 0 radical (unpaired) electrons. The maximum atomic E-state index is 2.48. The summed E-state index contributed by atoms with van der Waals surface area (Å²) in [6.07, 6.45) is 5.76. The third kappa shape index (κ3) is 2.52. The minimum atomic E-state index is 0.526. The molecule has 0 aromatic rings. The van der Waals surface area contributed by atoms with Gasteiger partial charge in [0.05, 0.1) is 0 Å². The van der Waals surface area contributed by atoms with E-state index in [9.17, 15) is 0 Å². The van der Waals surface area contributed by atoms with Crippen molar-refractivity contribution < 1.29 is 0 Å². The Morgan fingerprint density at radius 3 is 1.79 bits per heavy atom. The molecular weight excluding hydrogens is 168 g/mol. The summed E-state index contributed by atoms with van der Waals surface area (Å²) in [6, 6.07) is 0. The summed E-state index contributed by atoms with van der Waals surface area (Å²) in [7, 11) is 0. The monoisotopic (exact) mass is 196 g/mol. The van der Waals surface area contributed by atoms with Crippen molar-refractivity contribution in [1.29, 1.82) is 0 Å². The van der Waals surface area contributed by atoms with Crippen molar-refractivity contribution in [1.82, 2.24) is 0 Å². The molecule has 0 nitrogen and oxygen atoms in total. The molecule has 0 aliphatic heterocycles. The highest BCUT2D eigenvalue weighted by molar-refractivity contribution is 4.88. The lowest BCUT2D eigenvalue weighted by molar-refractivity contribution is 0.0664. The van der Waals surface area contributed by atoms with Crippen LogP contribution in [0.5, 0.6) is 0 Å². The molecule has 0 aromatic carbocycles. The first-order valence-electron chi connectivity index (χ1n) is 6.26. The van der Waals surface area contributed by atoms with Crippen LogP contribution in [-0.4, -0.2) is 0 Å². The molecule has 1 fully saturated rings. The predicted molar refractivity (Wildman–Crippen MR) is 64.4 cm³/mol. The second-order valence-electron chi connectivity index (χ2n) is 6.95. The van der Waals surface area contributed by atoms with Gasteiger partial charge in [-0.3, -0.25) is 0 Å². The van der Waals surface area contributed by atoms with Gasteiger partial charge in [0.15, 0.2) is 0 Å². The third-order valence-corrected chi connectivity index (χ3v) is 4.75. The smallest absolute Gasteiger partial charge is 0.0303 e. The molecule has 0 heteroatoms. The zero-order valence-corrected chi connectivity index (χ0v) is 11.0. The van der Waals surface area contributed by atoms with Gasteiger partial charge in [-0.15, -0.1) is 0 Å². The molecule has 0 aromatic heterocycles. The summed E-state index contributed by atoms with van der Waals surface area (Å²) >= 11 is 0. The van der Waals surface area contributed by atoms with Crippen molar-refractivity contribution in [3.05, 3.63) is 0 Å². The fourth-order valence-electron chi connectivity index (χ4n) is 2.72. The molecule has 0 heterocycles. The van der Waals surface area contributed by atoms with Crippen molar-refractivity contribution in [3.8, 4) is 0 Å². The Balaban J connectivity index is 2.54. The van der Waals surface area contributed by atoms with E-state index in [0.29, 0.717) is 10.8 Å². The lowest BCUT2D eigenvalue weighted by atomic mass is 9.61. The fourth-order valence-corrected chi connectivity index (χ4v) is 2.72. The van der Waals surface area contributed by atoms with Crippen LogP contribution in [0.4, 0.5) is 0 Å². The maximum Gasteiger partial charge on any atom is -0.0303 e. The summed E-state index contributed by atoms with van der Waals surface area (Å²) in [5.74, 6) is 1.80. The van der Waals surface area contributed by atoms with Gasteiger partial charge in [0, 0.05) is 0 Å². The lowest BCUT2D eigenvalue weighted by Crippen LogP contribution is -2.33. The molecular formula is C14H28. The Hall–Kier alpha value is 0. The Labute approximate surface area is 90.5 Å². The Morgan fingerprint density at radius 2 is 1.50 bits per heavy atom. The second kappa shape index (κ2) is 3.87. The van der Waals surface area contributed by atoms with Crippen LogP contribution >= 0.6 is 0 Å². The molecule has 0 unspecified atom stereocenters. The van der Waals surface area contributed by atoms with E-state index in [1.165, 1.54) is 25.7 Å². The van der Waals surface area contributed by atoms with Gasteiger partial charge >= 0.3 is 0 Å². The Morgan fingerprint density at radius 1 is 1.07 bits per heavy atom. The fraction of sp³-hybridized carbons (Fsp3) is 1.00. The van der Waals surface area contributed by atoms with Crippen molar-refractivity contribution in [2.45, 2.75) is 67.2 Å². The molecule has 0 saturated heterocycles. The highest BCUT2D eigenvalue weighted by atomic mass is 14.4. The topological polar surface area (TPSA) is 0 Å². The van der Waals surface area contributed by atoms with E-state index < -0.39 is 0 Å². The number of hydrogen-bond donors (Lipinski definition) is 0. The van der Waals surface area contributed by atoms with Gasteiger partial charge in [-0.25, -0.2) is 0 Å². The highest BCUT2D eigenvalue weighted by Crippen LogP contribution is 2.48. The SMILES string of the molecule is CC(C)C1(C)CCC(C(C)(C)C)CC1. The normalized spacial score (nSPS) is 34.9. The Kier molecular flexibility index (Phi) is 3.33. The van der Waals surface area contributed by atoms with Crippen molar-refractivity contribution >= 4 is 0 Å². The van der Waals surface area contributed by atoms with E-state index >= 15 is 0 Å². The minimum Gasteiger partial charge on any atom is -0.0623 e. The van der Waals surface area contributed by atoms with Crippen molar-refractivity contribution in [2.75, 3.05) is 0 Å². The van der Waals surface area contributed by atoms with Crippen LogP contribution in [0.15, 0.2) is 0 Å². The second-order valence-corrected chi connectivity index (χ2v) is 6.95. The first kappa shape index (κ1) is 12.1. The molecule has 1 rings (SSSR count). The first-order chi connectivity index (χ1) is 6.26. The van der Waals surface area contributed by atoms with Crippen LogP contribution in [0, 0.1) is 22.7 Å². The summed E-state index contributed by atoms with van der Waals surface area (Å²) in [5.41, 5.74) is 1.15. The van der Waals surface area contributed by atoms with Crippen LogP contribution < -0.4 is 0 Å². The first-order valence-corrected chi connectivity index (χ1v) is 6.26. The lowest BCUT2D eigenvalue weighted by Gasteiger charge is -2.44. The molecule has 0 atom stereocenters. The average Bonchev–Trinajstić information content (AvgIpc) is 2.03. The summed E-state index contributed by atoms with van der Waals surface area (Å²) < 4.78 is 0. The zero-order chi connectivity index (χ0) is 11.0. The molecule has 0 amide bonds. The molecule has 0 N–H and O–H groups in total. The van der Waals surface area contributed by atoms with E-state index in [4.69, 9.17) is 0 Å². The molecule has 1 saturated carbocycles. The zero-order valence-electron chi connectivity index (χ0n) is 11.0. The summed E-state index contributed by atoms with van der Waals surface area (Å²) in [6.45, 7) is 14.5. The molecule has 14 heavy (non-hydrogen) atoms. The molecule has 0 spiro atoms. The van der Waals surface area contributed by atoms with Crippen LogP contribution in [0.1, 0.15) is 67.2 Å². The summed E-state index contributed by atoms with van der Waals surface area (Å²) in [4.78, 5) is 0. The van der Waals surface area contributed by atoms with Gasteiger partial charge in [-0.1, -0.05) is 41.5 Å². The average molecular weight is 196 g/mol. The van der Waals surface area contributed by atoms with E-state index in [1.807, 2.05) is 0 Å². The molecule has 1 aliphatic rings. The third-order valence-electron chi connectivity index (χ3n) is 4.75. The van der Waals surface area contributed by atoms with Crippen molar-refractivity contribution in [2.24, 2.45) is 22.7 Å². The van der Waals surface area contributed by atoms with Gasteiger partial charge in [-0.2, -0.15) is 0 Å². The van der Waals surface area contributed by atoms with Gasteiger partial charge in [-0.05, 0) is 48.3 Å². The molecule has 84 valence electrons. The highest BCUT2D eigenvalue weighted by Gasteiger charge is 2.37. The largest absolute Gasteiger partial charge is 0.0623 e. The van der Waals surface area contributed by atoms with Gasteiger partial charge < -0.3 is 0 Å². The summed E-state index contributed by atoms with van der Waals surface area (Å²) in [5, 5.41) is 0. The van der Waals surface area contributed by atoms with E-state index in [-0.39, 0.29) is 0 Å². The van der Waals surface area contributed by atoms with Crippen LogP contribution in [0.25, 0.3) is 0 Å². The van der Waals surface area contributed by atoms with E-state index in [2.05, 4.69) is 41.5 Å². The predicted octanol–water partition coefficient (Wildman–Crippen LogP) is 4.89. The van der Waals surface area contributed by atoms with Gasteiger partial charge in [0.1, 0.15) is 0 Å². The number of rotatable bonds is 1. The minimum absolute atomic E-state index is 0.526. The standard InChI is InChI=1S/C14H28/c1-11(2)14(6)9-7-12(8-10-14)13(3,4)5/h11-12H,7-10H2,1-6H3. The van der Waals surface area contributed by atoms with Crippen LogP contribution in [0.3, 0.4) is 0 Å². The quantitative estimate of drug-likeness (QED) is 0.560. The van der Waals surface area contributed by atoms with Crippen LogP contribution in [0.2, 0.25) is 0 Å². The maximum absolute atomic E-state index is 2.48. The van der Waals surface area contributed by atoms with E-state index in [1.54, 1.807) is 0 Å². The Bertz CT molecular complexity index is 175. The van der Waals surface area contributed by atoms with Crippen molar-refractivity contribution in [3.63, 3.8) is 0 Å². The van der Waals surface area contributed by atoms with E-state index in [0.717, 1.165) is 11.8 Å². The van der Waals surface area contributed by atoms with Gasteiger partial charge in [0.2, 0.25) is 0 Å². The number of hydrogen-bond acceptors (Lipinski definition) is 0. The molecule has 0 bridgehead atoms. The molecule has 1 aliphatic carbocycles.